The Hall–Kier alpha value is -2.54. The minimum atomic E-state index is -0.996. The Labute approximate surface area is 158 Å². The van der Waals surface area contributed by atoms with E-state index in [1.165, 1.54) is 25.5 Å². The lowest BCUT2D eigenvalue weighted by atomic mass is 9.77. The van der Waals surface area contributed by atoms with E-state index in [1.54, 1.807) is 6.07 Å². The van der Waals surface area contributed by atoms with Gasteiger partial charge in [-0.05, 0) is 49.4 Å². The second-order valence-corrected chi connectivity index (χ2v) is 7.51. The molecule has 7 heteroatoms. The summed E-state index contributed by atoms with van der Waals surface area (Å²) in [6.07, 6.45) is 6.38. The molecule has 1 unspecified atom stereocenters. The Morgan fingerprint density at radius 1 is 1.33 bits per heavy atom. The quantitative estimate of drug-likeness (QED) is 0.840. The van der Waals surface area contributed by atoms with Crippen LogP contribution >= 0.6 is 0 Å². The minimum Gasteiger partial charge on any atom is -0.493 e. The number of nitrogens with one attached hydrogen (secondary N) is 1. The van der Waals surface area contributed by atoms with Crippen LogP contribution in [0.25, 0.3) is 0 Å². The van der Waals surface area contributed by atoms with Gasteiger partial charge in [-0.1, -0.05) is 6.07 Å². The van der Waals surface area contributed by atoms with Gasteiger partial charge in [0.25, 0.3) is 0 Å². The number of fused-ring (bicyclic) bond motifs is 2. The van der Waals surface area contributed by atoms with Crippen LogP contribution in [0, 0.1) is 0 Å². The molecule has 1 saturated heterocycles. The van der Waals surface area contributed by atoms with Gasteiger partial charge >= 0.3 is 5.97 Å². The van der Waals surface area contributed by atoms with Gasteiger partial charge < -0.3 is 14.6 Å². The first-order valence-corrected chi connectivity index (χ1v) is 9.30. The van der Waals surface area contributed by atoms with Gasteiger partial charge in [0.15, 0.2) is 11.5 Å². The summed E-state index contributed by atoms with van der Waals surface area (Å²) in [6.45, 7) is 2.45. The topological polar surface area (TPSA) is 87.7 Å². The largest absolute Gasteiger partial charge is 0.493 e. The summed E-state index contributed by atoms with van der Waals surface area (Å²) in [6, 6.07) is 3.62. The molecule has 1 aromatic carbocycles. The van der Waals surface area contributed by atoms with Crippen molar-refractivity contribution in [2.24, 2.45) is 0 Å². The molecule has 0 radical (unpaired) electrons. The molecule has 7 nitrogen and oxygen atoms in total. The molecule has 2 N–H and O–H groups in total. The molecule has 2 aromatic rings. The van der Waals surface area contributed by atoms with Crippen molar-refractivity contribution in [1.29, 1.82) is 0 Å². The third-order valence-corrected chi connectivity index (χ3v) is 6.02. The normalized spacial score (nSPS) is 22.0. The molecule has 2 heterocycles. The number of aromatic amines is 1. The number of carboxylic acid groups (broad SMARTS) is 1. The van der Waals surface area contributed by atoms with E-state index in [9.17, 15) is 9.90 Å². The van der Waals surface area contributed by atoms with Crippen molar-refractivity contribution < 1.29 is 19.4 Å². The zero-order chi connectivity index (χ0) is 19.0. The van der Waals surface area contributed by atoms with Crippen molar-refractivity contribution in [2.75, 3.05) is 27.3 Å². The molecule has 0 amide bonds. The van der Waals surface area contributed by atoms with E-state index in [2.05, 4.69) is 15.1 Å². The Balaban J connectivity index is 1.62. The molecule has 1 aromatic heterocycles. The monoisotopic (exact) mass is 371 g/mol. The summed E-state index contributed by atoms with van der Waals surface area (Å²) in [7, 11) is 2.99. The second kappa shape index (κ2) is 6.88. The summed E-state index contributed by atoms with van der Waals surface area (Å²) in [5.74, 6) is -0.276. The summed E-state index contributed by atoms with van der Waals surface area (Å²) in [5, 5.41) is 17.2. The Kier molecular flexibility index (Phi) is 4.55. The first-order valence-electron chi connectivity index (χ1n) is 9.30. The van der Waals surface area contributed by atoms with Crippen LogP contribution in [0.1, 0.15) is 46.4 Å². The maximum Gasteiger partial charge on any atom is 0.339 e. The van der Waals surface area contributed by atoms with Gasteiger partial charge in [0.2, 0.25) is 0 Å². The molecular weight excluding hydrogens is 346 g/mol. The predicted octanol–water partition coefficient (Wildman–Crippen LogP) is 2.61. The Morgan fingerprint density at radius 2 is 2.19 bits per heavy atom. The second-order valence-electron chi connectivity index (χ2n) is 7.51. The van der Waals surface area contributed by atoms with Crippen LogP contribution in [0.3, 0.4) is 0 Å². The molecule has 1 aliphatic heterocycles. The lowest BCUT2D eigenvalue weighted by molar-refractivity contribution is 0.0688. The third-order valence-electron chi connectivity index (χ3n) is 6.02. The number of ether oxygens (including phenoxy) is 2. The average Bonchev–Trinajstić information content (AvgIpc) is 3.26. The number of aromatic carboxylic acids is 1. The maximum atomic E-state index is 11.9. The number of carboxylic acids is 1. The molecule has 1 fully saturated rings. The number of carbonyl (C=O) groups is 1. The van der Waals surface area contributed by atoms with Crippen molar-refractivity contribution in [2.45, 2.75) is 37.6 Å². The number of aromatic nitrogens is 2. The molecular formula is C20H25N3O4. The first-order chi connectivity index (χ1) is 13.1. The highest BCUT2D eigenvalue weighted by atomic mass is 16.5. The number of hydrogen-bond acceptors (Lipinski definition) is 5. The van der Waals surface area contributed by atoms with Crippen LogP contribution < -0.4 is 9.47 Å². The van der Waals surface area contributed by atoms with Gasteiger partial charge in [0.05, 0.1) is 20.4 Å². The smallest absolute Gasteiger partial charge is 0.339 e. The van der Waals surface area contributed by atoms with Crippen LogP contribution in [0.5, 0.6) is 11.5 Å². The first kappa shape index (κ1) is 17.9. The molecule has 0 saturated carbocycles. The van der Waals surface area contributed by atoms with Crippen LogP contribution in [-0.2, 0) is 18.4 Å². The number of aryl methyl sites for hydroxylation is 1. The van der Waals surface area contributed by atoms with E-state index in [4.69, 9.17) is 9.47 Å². The Morgan fingerprint density at radius 3 is 2.93 bits per heavy atom. The number of hydrogen-bond donors (Lipinski definition) is 2. The van der Waals surface area contributed by atoms with Crippen molar-refractivity contribution in [1.82, 2.24) is 15.1 Å². The van der Waals surface area contributed by atoms with Gasteiger partial charge in [-0.2, -0.15) is 5.10 Å². The van der Waals surface area contributed by atoms with Crippen LogP contribution in [0.4, 0.5) is 0 Å². The highest BCUT2D eigenvalue weighted by Crippen LogP contribution is 2.44. The highest BCUT2D eigenvalue weighted by Gasteiger charge is 2.43. The number of methoxy groups -OCH3 is 2. The predicted molar refractivity (Wildman–Crippen MR) is 99.6 cm³/mol. The molecule has 0 bridgehead atoms. The number of likely N-dealkylation sites (tertiary alicyclic amines) is 1. The Bertz CT molecular complexity index is 863. The fourth-order valence-electron chi connectivity index (χ4n) is 4.80. The summed E-state index contributed by atoms with van der Waals surface area (Å²) in [4.78, 5) is 14.3. The van der Waals surface area contributed by atoms with E-state index < -0.39 is 5.97 Å². The van der Waals surface area contributed by atoms with Crippen LogP contribution in [0.2, 0.25) is 0 Å². The molecule has 1 aliphatic carbocycles. The van der Waals surface area contributed by atoms with Crippen molar-refractivity contribution in [3.63, 3.8) is 0 Å². The maximum absolute atomic E-state index is 11.9. The van der Waals surface area contributed by atoms with E-state index in [1.807, 2.05) is 12.3 Å². The van der Waals surface area contributed by atoms with E-state index in [-0.39, 0.29) is 16.7 Å². The highest BCUT2D eigenvalue weighted by molar-refractivity contribution is 5.93. The van der Waals surface area contributed by atoms with Crippen LogP contribution in [-0.4, -0.2) is 53.5 Å². The van der Waals surface area contributed by atoms with Gasteiger partial charge in [-0.3, -0.25) is 10.00 Å². The van der Waals surface area contributed by atoms with E-state index >= 15 is 0 Å². The zero-order valence-corrected chi connectivity index (χ0v) is 15.7. The number of H-pyrrole nitrogens is 1. The molecule has 27 heavy (non-hydrogen) atoms. The van der Waals surface area contributed by atoms with Gasteiger partial charge in [0.1, 0.15) is 5.56 Å². The summed E-state index contributed by atoms with van der Waals surface area (Å²) in [5.41, 5.74) is 3.65. The fraction of sp³-hybridized carbons (Fsp3) is 0.500. The van der Waals surface area contributed by atoms with Gasteiger partial charge in [-0.15, -0.1) is 0 Å². The summed E-state index contributed by atoms with van der Waals surface area (Å²) >= 11 is 0. The standard InChI is InChI=1S/C20H25N3O4/c1-26-15-5-4-14(16(19(24)25)17(15)27-2)11-23-9-3-7-20(12-23)8-6-13-10-21-22-18(13)20/h4-5,10H,3,6-9,11-12H2,1-2H3,(H,21,22)(H,24,25). The lowest BCUT2D eigenvalue weighted by Crippen LogP contribution is -2.45. The molecule has 1 spiro atoms. The number of rotatable bonds is 5. The number of nitrogens with zero attached hydrogens (tertiary/aromatic N) is 2. The molecule has 144 valence electrons. The minimum absolute atomic E-state index is 0.115. The SMILES string of the molecule is COc1ccc(CN2CCCC3(CCc4cn[nH]c43)C2)c(C(=O)O)c1OC. The zero-order valence-electron chi connectivity index (χ0n) is 15.7. The molecule has 1 atom stereocenters. The fourth-order valence-corrected chi connectivity index (χ4v) is 4.80. The van der Waals surface area contributed by atoms with Gasteiger partial charge in [0, 0.05) is 24.2 Å². The van der Waals surface area contributed by atoms with E-state index in [0.717, 1.165) is 44.3 Å². The van der Waals surface area contributed by atoms with Crippen molar-refractivity contribution >= 4 is 5.97 Å². The van der Waals surface area contributed by atoms with Gasteiger partial charge in [-0.25, -0.2) is 4.79 Å². The van der Waals surface area contributed by atoms with E-state index in [0.29, 0.717) is 12.3 Å². The summed E-state index contributed by atoms with van der Waals surface area (Å²) < 4.78 is 10.6. The third kappa shape index (κ3) is 2.96. The van der Waals surface area contributed by atoms with Crippen molar-refractivity contribution in [3.05, 3.63) is 40.7 Å². The molecule has 4 rings (SSSR count). The van der Waals surface area contributed by atoms with Crippen molar-refractivity contribution in [3.8, 4) is 11.5 Å². The number of benzene rings is 1. The average molecular weight is 371 g/mol. The number of piperidine rings is 1. The molecule has 2 aliphatic rings. The van der Waals surface area contributed by atoms with Crippen LogP contribution in [0.15, 0.2) is 18.3 Å². The lowest BCUT2D eigenvalue weighted by Gasteiger charge is -2.40.